The number of nitrogens with one attached hydrogen (secondary N) is 2. The first-order valence-electron chi connectivity index (χ1n) is 7.04. The molecular weight excluding hydrogens is 264 g/mol. The monoisotopic (exact) mass is 279 g/mol. The first kappa shape index (κ1) is 10.7. The zero-order valence-corrected chi connectivity index (χ0v) is 11.1. The van der Waals surface area contributed by atoms with Crippen molar-refractivity contribution in [1.29, 1.82) is 0 Å². The number of nitrogens with zero attached hydrogens (tertiary/aromatic N) is 2. The topological polar surface area (TPSA) is 68.6 Å². The molecule has 0 radical (unpaired) electrons. The van der Waals surface area contributed by atoms with Gasteiger partial charge in [-0.2, -0.15) is 5.10 Å². The van der Waals surface area contributed by atoms with Crippen LogP contribution in [0.15, 0.2) is 61.1 Å². The maximum atomic E-state index is 7.11. The van der Waals surface area contributed by atoms with Crippen LogP contribution < -0.4 is 4.73 Å². The summed E-state index contributed by atoms with van der Waals surface area (Å²) in [6.45, 7) is 0. The Bertz CT molecular complexity index is 930. The molecule has 0 bridgehead atoms. The molecule has 0 amide bonds. The van der Waals surface area contributed by atoms with Crippen LogP contribution in [0.5, 0.6) is 0 Å². The summed E-state index contributed by atoms with van der Waals surface area (Å²) >= 11 is 0. The second-order valence-electron chi connectivity index (χ2n) is 4.82. The Morgan fingerprint density at radius 2 is 2.00 bits per heavy atom. The summed E-state index contributed by atoms with van der Waals surface area (Å²) in [4.78, 5) is 3.14. The van der Waals surface area contributed by atoms with Gasteiger partial charge in [-0.3, -0.25) is 5.10 Å². The molecule has 3 heterocycles. The molecule has 0 aliphatic carbocycles. The van der Waals surface area contributed by atoms with E-state index in [0.29, 0.717) is 0 Å². The Morgan fingerprint density at radius 3 is 2.86 bits per heavy atom. The summed E-state index contributed by atoms with van der Waals surface area (Å²) in [5.74, 6) is 0. The SMILES string of the molecule is [3H]O[n+]1cccc2c(-c3[nH]ncc3-c3ccccc3)c[nH]c21. The smallest absolute Gasteiger partial charge is 0.350 e. The second-order valence-corrected chi connectivity index (χ2v) is 4.82. The molecular formula is C16H13N4O+. The Labute approximate surface area is 122 Å². The van der Waals surface area contributed by atoms with Gasteiger partial charge in [0.1, 0.15) is 6.20 Å². The highest BCUT2D eigenvalue weighted by Gasteiger charge is 2.18. The molecule has 0 saturated carbocycles. The quantitative estimate of drug-likeness (QED) is 0.399. The molecule has 0 atom stereocenters. The maximum absolute atomic E-state index is 7.11. The van der Waals surface area contributed by atoms with Crippen LogP contribution in [0.2, 0.25) is 1.43 Å². The van der Waals surface area contributed by atoms with Gasteiger partial charge in [-0.1, -0.05) is 35.1 Å². The predicted octanol–water partition coefficient (Wildman–Crippen LogP) is 2.75. The zero-order valence-electron chi connectivity index (χ0n) is 12.1. The molecule has 5 nitrogen and oxygen atoms in total. The Morgan fingerprint density at radius 1 is 1.10 bits per heavy atom. The van der Waals surface area contributed by atoms with Crippen LogP contribution in [-0.4, -0.2) is 20.4 Å². The van der Waals surface area contributed by atoms with E-state index in [1.165, 1.54) is 4.73 Å². The van der Waals surface area contributed by atoms with Gasteiger partial charge in [0, 0.05) is 5.56 Å². The van der Waals surface area contributed by atoms with E-state index in [0.717, 1.165) is 33.4 Å². The van der Waals surface area contributed by atoms with E-state index in [1.54, 1.807) is 6.20 Å². The lowest BCUT2D eigenvalue weighted by Gasteiger charge is -2.01. The Balaban J connectivity index is 1.93. The van der Waals surface area contributed by atoms with Gasteiger partial charge in [-0.05, 0) is 17.7 Å². The van der Waals surface area contributed by atoms with Crippen molar-refractivity contribution >= 4 is 11.0 Å². The Hall–Kier alpha value is -3.08. The normalized spacial score (nSPS) is 11.5. The van der Waals surface area contributed by atoms with E-state index in [-0.39, 0.29) is 0 Å². The van der Waals surface area contributed by atoms with Gasteiger partial charge in [-0.25, -0.2) is 4.98 Å². The average Bonchev–Trinajstić information content (AvgIpc) is 3.21. The average molecular weight is 279 g/mol. The van der Waals surface area contributed by atoms with Gasteiger partial charge in [0.15, 0.2) is 0 Å². The van der Waals surface area contributed by atoms with E-state index in [2.05, 4.69) is 32.5 Å². The third-order valence-electron chi connectivity index (χ3n) is 3.60. The minimum atomic E-state index is 0.723. The Kier molecular flexibility index (Phi) is 2.28. The van der Waals surface area contributed by atoms with Crippen LogP contribution >= 0.6 is 0 Å². The van der Waals surface area contributed by atoms with E-state index in [1.807, 2.05) is 42.7 Å². The molecule has 0 fully saturated rings. The van der Waals surface area contributed by atoms with Crippen molar-refractivity contribution < 1.29 is 11.4 Å². The van der Waals surface area contributed by atoms with Gasteiger partial charge in [0.25, 0.3) is 0 Å². The molecule has 3 N–H and O–H groups in total. The van der Waals surface area contributed by atoms with E-state index >= 15 is 0 Å². The number of rotatable bonds is 3. The molecule has 4 rings (SSSR count). The third kappa shape index (κ3) is 1.79. The number of fused-ring (bicyclic) bond motifs is 1. The summed E-state index contributed by atoms with van der Waals surface area (Å²) in [5, 5.41) is 12.8. The predicted molar refractivity (Wildman–Crippen MR) is 78.7 cm³/mol. The van der Waals surface area contributed by atoms with Crippen molar-refractivity contribution in [2.24, 2.45) is 0 Å². The maximum Gasteiger partial charge on any atom is 0.358 e. The van der Waals surface area contributed by atoms with Crippen molar-refractivity contribution in [1.82, 2.24) is 15.2 Å². The standard InChI is InChI=1S/C16H12N4O/c21-20-8-4-7-12-14(9-17-16(12)20)15-13(10-18-19-15)11-5-2-1-3-6-11/h1-10,21H,(H,18,19)/p+1/i21T. The first-order chi connectivity index (χ1) is 10.9. The summed E-state index contributed by atoms with van der Waals surface area (Å²) in [6.07, 6.45) is 5.39. The number of aromatic amines is 2. The molecule has 0 saturated heterocycles. The number of benzene rings is 1. The fraction of sp³-hybridized carbons (Fsp3) is 0. The molecule has 4 aromatic rings. The van der Waals surface area contributed by atoms with Crippen molar-refractivity contribution in [3.63, 3.8) is 0 Å². The molecule has 0 unspecified atom stereocenters. The van der Waals surface area contributed by atoms with Gasteiger partial charge in [0.05, 0.1) is 29.0 Å². The lowest BCUT2D eigenvalue weighted by Crippen LogP contribution is -2.29. The van der Waals surface area contributed by atoms with E-state index in [9.17, 15) is 0 Å². The second kappa shape index (κ2) is 4.49. The molecule has 3 aromatic heterocycles. The van der Waals surface area contributed by atoms with Crippen molar-refractivity contribution in [3.05, 3.63) is 61.1 Å². The highest BCUT2D eigenvalue weighted by atomic mass is 16.5. The van der Waals surface area contributed by atoms with Gasteiger partial charge in [-0.15, -0.1) is 0 Å². The summed E-state index contributed by atoms with van der Waals surface area (Å²) in [7, 11) is 0. The summed E-state index contributed by atoms with van der Waals surface area (Å²) in [5.41, 5.74) is 4.77. The largest absolute Gasteiger partial charge is 0.358 e. The number of pyridine rings is 1. The highest BCUT2D eigenvalue weighted by Crippen LogP contribution is 2.33. The lowest BCUT2D eigenvalue weighted by molar-refractivity contribution is -0.885. The van der Waals surface area contributed by atoms with E-state index in [4.69, 9.17) is 1.43 Å². The van der Waals surface area contributed by atoms with Gasteiger partial charge >= 0.3 is 7.08 Å². The number of aromatic nitrogens is 4. The van der Waals surface area contributed by atoms with Crippen molar-refractivity contribution in [2.75, 3.05) is 0 Å². The summed E-state index contributed by atoms with van der Waals surface area (Å²) in [6, 6.07) is 13.9. The molecule has 102 valence electrons. The molecule has 0 aliphatic heterocycles. The van der Waals surface area contributed by atoms with Crippen LogP contribution in [-0.2, 0) is 0 Å². The highest BCUT2D eigenvalue weighted by molar-refractivity contribution is 5.95. The number of hydrogen-bond donors (Lipinski definition) is 3. The fourth-order valence-electron chi connectivity index (χ4n) is 2.60. The zero-order chi connectivity index (χ0) is 14.9. The van der Waals surface area contributed by atoms with Crippen LogP contribution in [0.4, 0.5) is 0 Å². The number of hydrogen-bond acceptors (Lipinski definition) is 2. The molecule has 21 heavy (non-hydrogen) atoms. The first-order valence-corrected chi connectivity index (χ1v) is 6.63. The minimum Gasteiger partial charge on any atom is -0.350 e. The fourth-order valence-corrected chi connectivity index (χ4v) is 2.60. The number of H-pyrrole nitrogens is 2. The molecule has 5 heteroatoms. The van der Waals surface area contributed by atoms with Crippen LogP contribution in [0.1, 0.15) is 0 Å². The van der Waals surface area contributed by atoms with Crippen LogP contribution in [0.25, 0.3) is 33.4 Å². The third-order valence-corrected chi connectivity index (χ3v) is 3.60. The molecule has 1 aromatic carbocycles. The van der Waals surface area contributed by atoms with Crippen LogP contribution in [0.3, 0.4) is 0 Å². The van der Waals surface area contributed by atoms with Crippen molar-refractivity contribution in [3.8, 4) is 22.4 Å². The van der Waals surface area contributed by atoms with Crippen LogP contribution in [0, 0.1) is 0 Å². The van der Waals surface area contributed by atoms with Crippen molar-refractivity contribution in [2.45, 2.75) is 0 Å². The molecule has 0 aliphatic rings. The van der Waals surface area contributed by atoms with Gasteiger partial charge < -0.3 is 5.21 Å². The van der Waals surface area contributed by atoms with E-state index < -0.39 is 0 Å². The van der Waals surface area contributed by atoms with Gasteiger partial charge in [0.2, 0.25) is 0 Å². The minimum absolute atomic E-state index is 0.723. The lowest BCUT2D eigenvalue weighted by atomic mass is 10.0. The molecule has 0 spiro atoms. The summed E-state index contributed by atoms with van der Waals surface area (Å²) < 4.78 is 8.48.